The van der Waals surface area contributed by atoms with Gasteiger partial charge in [0.05, 0.1) is 12.2 Å². The van der Waals surface area contributed by atoms with Crippen molar-refractivity contribution in [2.45, 2.75) is 70.9 Å². The van der Waals surface area contributed by atoms with Crippen molar-refractivity contribution in [3.63, 3.8) is 0 Å². The van der Waals surface area contributed by atoms with Gasteiger partial charge in [-0.2, -0.15) is 10.1 Å². The molecule has 7 heteroatoms. The fourth-order valence-electron chi connectivity index (χ4n) is 4.21. The average molecular weight is 411 g/mol. The van der Waals surface area contributed by atoms with Gasteiger partial charge in [0.25, 0.3) is 0 Å². The number of para-hydroxylation sites is 1. The van der Waals surface area contributed by atoms with Gasteiger partial charge in [-0.25, -0.2) is 9.48 Å². The van der Waals surface area contributed by atoms with Crippen LogP contribution in [-0.2, 0) is 9.53 Å². The maximum absolute atomic E-state index is 13.3. The minimum absolute atomic E-state index is 0.0135. The first-order chi connectivity index (χ1) is 14.7. The monoisotopic (exact) mass is 410 g/mol. The largest absolute Gasteiger partial charge is 0.493 e. The number of hydrogen-bond acceptors (Lipinski definition) is 6. The lowest BCUT2D eigenvalue weighted by Crippen LogP contribution is -2.32. The number of anilines is 1. The third-order valence-corrected chi connectivity index (χ3v) is 5.81. The highest BCUT2D eigenvalue weighted by atomic mass is 16.5. The highest BCUT2D eigenvalue weighted by molar-refractivity contribution is 5.92. The van der Waals surface area contributed by atoms with Crippen LogP contribution < -0.4 is 10.1 Å². The summed E-state index contributed by atoms with van der Waals surface area (Å²) in [7, 11) is 0. The standard InChI is InChI=1S/C23H30N4O3/c1-3-4-14-29-19-13-9-8-12-18(19)21-20(16(2)26-23-24-15-25-27(21)23)22(28)30-17-10-6-5-7-11-17/h8-9,12-13,15,17,21H,3-7,10-11,14H2,1-2H3,(H,24,25,26). The average Bonchev–Trinajstić information content (AvgIpc) is 3.22. The Kier molecular flexibility index (Phi) is 6.35. The number of unbranched alkanes of at least 4 members (excludes halogenated alkanes) is 1. The summed E-state index contributed by atoms with van der Waals surface area (Å²) in [6.45, 7) is 4.66. The lowest BCUT2D eigenvalue weighted by atomic mass is 9.94. The van der Waals surface area contributed by atoms with E-state index in [0.717, 1.165) is 55.5 Å². The van der Waals surface area contributed by atoms with Crippen LogP contribution in [0.25, 0.3) is 0 Å². The number of carbonyl (C=O) groups excluding carboxylic acids is 1. The molecular formula is C23H30N4O3. The van der Waals surface area contributed by atoms with Gasteiger partial charge in [0.15, 0.2) is 0 Å². The predicted molar refractivity (Wildman–Crippen MR) is 114 cm³/mol. The number of fused-ring (bicyclic) bond motifs is 1. The number of allylic oxidation sites excluding steroid dienone is 1. The Bertz CT molecular complexity index is 915. The fourth-order valence-corrected chi connectivity index (χ4v) is 4.21. The van der Waals surface area contributed by atoms with E-state index in [1.54, 1.807) is 4.68 Å². The van der Waals surface area contributed by atoms with Crippen molar-refractivity contribution in [1.82, 2.24) is 14.8 Å². The van der Waals surface area contributed by atoms with E-state index in [1.807, 2.05) is 31.2 Å². The first-order valence-corrected chi connectivity index (χ1v) is 11.0. The van der Waals surface area contributed by atoms with E-state index < -0.39 is 6.04 Å². The van der Waals surface area contributed by atoms with Gasteiger partial charge in [-0.05, 0) is 45.1 Å². The number of benzene rings is 1. The summed E-state index contributed by atoms with van der Waals surface area (Å²) in [5.74, 6) is 1.08. The highest BCUT2D eigenvalue weighted by Gasteiger charge is 2.37. The number of ether oxygens (including phenoxy) is 2. The maximum Gasteiger partial charge on any atom is 0.338 e. The van der Waals surface area contributed by atoms with Crippen molar-refractivity contribution in [3.8, 4) is 5.75 Å². The topological polar surface area (TPSA) is 78.3 Å². The quantitative estimate of drug-likeness (QED) is 0.530. The van der Waals surface area contributed by atoms with Crippen LogP contribution in [0, 0.1) is 0 Å². The van der Waals surface area contributed by atoms with Crippen LogP contribution in [0.15, 0.2) is 41.9 Å². The predicted octanol–water partition coefficient (Wildman–Crippen LogP) is 4.62. The molecule has 4 rings (SSSR count). The lowest BCUT2D eigenvalue weighted by Gasteiger charge is -2.31. The number of esters is 1. The SMILES string of the molecule is CCCCOc1ccccc1C1C(C(=O)OC2CCCCC2)=C(C)Nc2ncnn21. The third-order valence-electron chi connectivity index (χ3n) is 5.81. The highest BCUT2D eigenvalue weighted by Crippen LogP contribution is 2.39. The van der Waals surface area contributed by atoms with Gasteiger partial charge in [-0.1, -0.05) is 38.0 Å². The van der Waals surface area contributed by atoms with Crippen molar-refractivity contribution in [3.05, 3.63) is 47.4 Å². The summed E-state index contributed by atoms with van der Waals surface area (Å²) in [5, 5.41) is 7.62. The second-order valence-electron chi connectivity index (χ2n) is 8.00. The number of aromatic nitrogens is 3. The van der Waals surface area contributed by atoms with Crippen LogP contribution >= 0.6 is 0 Å². The number of rotatable bonds is 7. The van der Waals surface area contributed by atoms with Crippen LogP contribution in [0.5, 0.6) is 5.75 Å². The third kappa shape index (κ3) is 4.20. The molecule has 1 N–H and O–H groups in total. The Balaban J connectivity index is 1.69. The van der Waals surface area contributed by atoms with Crippen molar-refractivity contribution >= 4 is 11.9 Å². The van der Waals surface area contributed by atoms with Crippen LogP contribution in [0.3, 0.4) is 0 Å². The van der Waals surface area contributed by atoms with Crippen LogP contribution in [0.2, 0.25) is 0 Å². The molecule has 0 bridgehead atoms. The Morgan fingerprint density at radius 1 is 1.23 bits per heavy atom. The van der Waals surface area contributed by atoms with E-state index >= 15 is 0 Å². The molecule has 0 amide bonds. The van der Waals surface area contributed by atoms with Gasteiger partial charge in [-0.15, -0.1) is 0 Å². The molecule has 160 valence electrons. The summed E-state index contributed by atoms with van der Waals surface area (Å²) in [4.78, 5) is 17.7. The van der Waals surface area contributed by atoms with E-state index in [4.69, 9.17) is 9.47 Å². The number of nitrogens with one attached hydrogen (secondary N) is 1. The molecule has 1 aliphatic carbocycles. The number of hydrogen-bond donors (Lipinski definition) is 1. The molecule has 0 radical (unpaired) electrons. The Morgan fingerprint density at radius 3 is 2.83 bits per heavy atom. The molecule has 1 unspecified atom stereocenters. The summed E-state index contributed by atoms with van der Waals surface area (Å²) < 4.78 is 13.8. The van der Waals surface area contributed by atoms with Crippen molar-refractivity contribution in [1.29, 1.82) is 0 Å². The summed E-state index contributed by atoms with van der Waals surface area (Å²) >= 11 is 0. The molecule has 1 aromatic carbocycles. The minimum Gasteiger partial charge on any atom is -0.493 e. The van der Waals surface area contributed by atoms with Gasteiger partial charge in [0, 0.05) is 11.3 Å². The van der Waals surface area contributed by atoms with Crippen LogP contribution in [0.4, 0.5) is 5.95 Å². The molecule has 1 atom stereocenters. The minimum atomic E-state index is -0.447. The molecule has 1 aromatic heterocycles. The summed E-state index contributed by atoms with van der Waals surface area (Å²) in [5.41, 5.74) is 2.19. The molecule has 1 aliphatic heterocycles. The molecular weight excluding hydrogens is 380 g/mol. The van der Waals surface area contributed by atoms with Gasteiger partial charge < -0.3 is 14.8 Å². The zero-order valence-corrected chi connectivity index (χ0v) is 17.8. The Labute approximate surface area is 177 Å². The summed E-state index contributed by atoms with van der Waals surface area (Å²) in [6.07, 6.45) is 8.81. The molecule has 2 heterocycles. The molecule has 2 aromatic rings. The van der Waals surface area contributed by atoms with E-state index in [0.29, 0.717) is 18.1 Å². The molecule has 30 heavy (non-hydrogen) atoms. The van der Waals surface area contributed by atoms with Gasteiger partial charge in [-0.3, -0.25) is 0 Å². The van der Waals surface area contributed by atoms with Crippen molar-refractivity contribution < 1.29 is 14.3 Å². The van der Waals surface area contributed by atoms with Crippen LogP contribution in [0.1, 0.15) is 70.4 Å². The van der Waals surface area contributed by atoms with Gasteiger partial charge in [0.1, 0.15) is 24.2 Å². The first kappa shape index (κ1) is 20.4. The smallest absolute Gasteiger partial charge is 0.338 e. The van der Waals surface area contributed by atoms with E-state index in [1.165, 1.54) is 12.7 Å². The normalized spacial score (nSPS) is 19.2. The second-order valence-corrected chi connectivity index (χ2v) is 8.00. The molecule has 7 nitrogen and oxygen atoms in total. The molecule has 2 aliphatic rings. The van der Waals surface area contributed by atoms with Gasteiger partial charge >= 0.3 is 5.97 Å². The second kappa shape index (κ2) is 9.32. The Morgan fingerprint density at radius 2 is 2.03 bits per heavy atom. The summed E-state index contributed by atoms with van der Waals surface area (Å²) in [6, 6.07) is 7.40. The molecule has 0 spiro atoms. The van der Waals surface area contributed by atoms with Crippen molar-refractivity contribution in [2.75, 3.05) is 11.9 Å². The number of nitrogens with zero attached hydrogens (tertiary/aromatic N) is 3. The maximum atomic E-state index is 13.3. The first-order valence-electron chi connectivity index (χ1n) is 11.0. The molecule has 1 saturated carbocycles. The van der Waals surface area contributed by atoms with E-state index in [9.17, 15) is 4.79 Å². The number of carbonyl (C=O) groups is 1. The lowest BCUT2D eigenvalue weighted by molar-refractivity contribution is -0.146. The van der Waals surface area contributed by atoms with E-state index in [-0.39, 0.29) is 12.1 Å². The Hall–Kier alpha value is -2.83. The van der Waals surface area contributed by atoms with Crippen molar-refractivity contribution in [2.24, 2.45) is 0 Å². The molecule has 1 fully saturated rings. The van der Waals surface area contributed by atoms with E-state index in [2.05, 4.69) is 22.3 Å². The van der Waals surface area contributed by atoms with Gasteiger partial charge in [0.2, 0.25) is 5.95 Å². The molecule has 0 saturated heterocycles. The van der Waals surface area contributed by atoms with Crippen LogP contribution in [-0.4, -0.2) is 33.4 Å². The zero-order chi connectivity index (χ0) is 20.9. The zero-order valence-electron chi connectivity index (χ0n) is 17.8. The fraction of sp³-hybridized carbons (Fsp3) is 0.522.